The van der Waals surface area contributed by atoms with Gasteiger partial charge in [0.1, 0.15) is 0 Å². The number of aliphatic carboxylic acids is 1. The second kappa shape index (κ2) is 8.80. The molecule has 5 nitrogen and oxygen atoms in total. The summed E-state index contributed by atoms with van der Waals surface area (Å²) in [7, 11) is 1.58. The van der Waals surface area contributed by atoms with Crippen LogP contribution in [-0.4, -0.2) is 35.2 Å². The highest BCUT2D eigenvalue weighted by Crippen LogP contribution is 2.13. The number of halogens is 3. The van der Waals surface area contributed by atoms with E-state index in [2.05, 4.69) is 6.92 Å². The van der Waals surface area contributed by atoms with Crippen LogP contribution in [0.15, 0.2) is 0 Å². The van der Waals surface area contributed by atoms with Crippen molar-refractivity contribution in [3.63, 3.8) is 0 Å². The van der Waals surface area contributed by atoms with Gasteiger partial charge in [0.05, 0.1) is 0 Å². The average Bonchev–Trinajstić information content (AvgIpc) is 2.17. The molecular weight excluding hydrogens is 241 g/mol. The highest BCUT2D eigenvalue weighted by Gasteiger charge is 2.38. The first-order valence-corrected chi connectivity index (χ1v) is 4.94. The molecule has 0 aromatic carbocycles. The van der Waals surface area contributed by atoms with Crippen LogP contribution in [0.3, 0.4) is 0 Å². The molecule has 8 heteroatoms. The summed E-state index contributed by atoms with van der Waals surface area (Å²) >= 11 is 0. The van der Waals surface area contributed by atoms with Gasteiger partial charge in [0.15, 0.2) is 0 Å². The maximum atomic E-state index is 10.8. The average molecular weight is 258 g/mol. The molecule has 0 aromatic heterocycles. The van der Waals surface area contributed by atoms with Crippen LogP contribution >= 0.6 is 0 Å². The van der Waals surface area contributed by atoms with Gasteiger partial charge in [-0.2, -0.15) is 13.2 Å². The molecule has 17 heavy (non-hydrogen) atoms. The third-order valence-electron chi connectivity index (χ3n) is 1.63. The lowest BCUT2D eigenvalue weighted by molar-refractivity contribution is -0.192. The second-order valence-electron chi connectivity index (χ2n) is 3.26. The summed E-state index contributed by atoms with van der Waals surface area (Å²) in [5.74, 6) is 2.47. The Morgan fingerprint density at radius 1 is 1.29 bits per heavy atom. The number of nitrogens with zero attached hydrogens (tertiary/aromatic N) is 1. The van der Waals surface area contributed by atoms with E-state index >= 15 is 0 Å². The highest BCUT2D eigenvalue weighted by atomic mass is 19.4. The van der Waals surface area contributed by atoms with Crippen LogP contribution in [0, 0.1) is 0 Å². The zero-order valence-corrected chi connectivity index (χ0v) is 9.75. The summed E-state index contributed by atoms with van der Waals surface area (Å²) in [6.45, 7) is 2.11. The number of hydrogen-bond acceptors (Lipinski definition) is 3. The lowest BCUT2D eigenvalue weighted by atomic mass is 10.2. The number of unbranched alkanes of at least 4 members (excludes halogenated alkanes) is 2. The molecule has 0 bridgehead atoms. The molecule has 0 saturated heterocycles. The van der Waals surface area contributed by atoms with Gasteiger partial charge in [-0.3, -0.25) is 9.80 Å². The maximum absolute atomic E-state index is 10.8. The fourth-order valence-corrected chi connectivity index (χ4v) is 0.703. The second-order valence-corrected chi connectivity index (χ2v) is 3.26. The van der Waals surface area contributed by atoms with Gasteiger partial charge < -0.3 is 5.11 Å². The van der Waals surface area contributed by atoms with Crippen molar-refractivity contribution < 1.29 is 27.9 Å². The van der Waals surface area contributed by atoms with E-state index in [4.69, 9.17) is 15.7 Å². The topological polar surface area (TPSA) is 83.6 Å². The molecule has 0 rings (SSSR count). The molecule has 102 valence electrons. The van der Waals surface area contributed by atoms with Crippen molar-refractivity contribution in [3.8, 4) is 0 Å². The minimum absolute atomic E-state index is 0.0217. The van der Waals surface area contributed by atoms with Gasteiger partial charge in [0, 0.05) is 13.5 Å². The third kappa shape index (κ3) is 12.6. The SMILES string of the molecule is CCCCCC(=O)N(C)N.O=C(O)C(F)(F)F. The number of amides is 1. The Balaban J connectivity index is 0. The van der Waals surface area contributed by atoms with Crippen LogP contribution in [0.1, 0.15) is 32.6 Å². The summed E-state index contributed by atoms with van der Waals surface area (Å²) in [6, 6.07) is 0. The Morgan fingerprint density at radius 2 is 1.71 bits per heavy atom. The smallest absolute Gasteiger partial charge is 0.475 e. The first kappa shape index (κ1) is 18.1. The van der Waals surface area contributed by atoms with E-state index in [-0.39, 0.29) is 5.91 Å². The standard InChI is InChI=1S/C7H16N2O.C2HF3O2/c1-3-4-5-6-7(10)9(2)8;3-2(4,5)1(6)7/h3-6,8H2,1-2H3;(H,6,7). The van der Waals surface area contributed by atoms with E-state index in [1.54, 1.807) is 7.05 Å². The first-order valence-electron chi connectivity index (χ1n) is 4.94. The van der Waals surface area contributed by atoms with Crippen molar-refractivity contribution >= 4 is 11.9 Å². The quantitative estimate of drug-likeness (QED) is 0.346. The largest absolute Gasteiger partial charge is 0.490 e. The number of carboxylic acid groups (broad SMARTS) is 1. The Bertz CT molecular complexity index is 242. The van der Waals surface area contributed by atoms with Crippen molar-refractivity contribution in [2.45, 2.75) is 38.8 Å². The zero-order valence-electron chi connectivity index (χ0n) is 9.75. The molecule has 0 atom stereocenters. The Kier molecular flexibility index (Phi) is 9.35. The van der Waals surface area contributed by atoms with Gasteiger partial charge >= 0.3 is 12.1 Å². The number of rotatable bonds is 4. The van der Waals surface area contributed by atoms with Crippen molar-refractivity contribution in [2.24, 2.45) is 5.84 Å². The van der Waals surface area contributed by atoms with Crippen LogP contribution in [0.25, 0.3) is 0 Å². The van der Waals surface area contributed by atoms with Gasteiger partial charge in [0.25, 0.3) is 0 Å². The molecule has 0 fully saturated rings. The monoisotopic (exact) mass is 258 g/mol. The molecule has 0 aliphatic rings. The van der Waals surface area contributed by atoms with E-state index in [1.165, 1.54) is 0 Å². The minimum Gasteiger partial charge on any atom is -0.475 e. The van der Waals surface area contributed by atoms with Crippen molar-refractivity contribution in [1.29, 1.82) is 0 Å². The Labute approximate surface area is 97.3 Å². The first-order chi connectivity index (χ1) is 7.62. The number of hydrazine groups is 1. The molecule has 1 amide bonds. The number of carbonyl (C=O) groups excluding carboxylic acids is 1. The van der Waals surface area contributed by atoms with E-state index < -0.39 is 12.1 Å². The van der Waals surface area contributed by atoms with Gasteiger partial charge in [-0.1, -0.05) is 19.8 Å². The number of alkyl halides is 3. The predicted octanol–water partition coefficient (Wildman–Crippen LogP) is 1.53. The summed E-state index contributed by atoms with van der Waals surface area (Å²) in [5.41, 5.74) is 0. The molecule has 0 saturated carbocycles. The van der Waals surface area contributed by atoms with Crippen LogP contribution < -0.4 is 5.84 Å². The van der Waals surface area contributed by atoms with Gasteiger partial charge in [-0.05, 0) is 6.42 Å². The van der Waals surface area contributed by atoms with Crippen LogP contribution in [-0.2, 0) is 9.59 Å². The number of carboxylic acids is 1. The number of hydrogen-bond donors (Lipinski definition) is 2. The maximum Gasteiger partial charge on any atom is 0.490 e. The molecular formula is C9H17F3N2O3. The molecule has 0 unspecified atom stereocenters. The van der Waals surface area contributed by atoms with E-state index in [1.807, 2.05) is 0 Å². The molecule has 0 aliphatic heterocycles. The summed E-state index contributed by atoms with van der Waals surface area (Å²) < 4.78 is 31.7. The summed E-state index contributed by atoms with van der Waals surface area (Å²) in [6.07, 6.45) is -1.29. The molecule has 0 aromatic rings. The molecule has 0 radical (unpaired) electrons. The third-order valence-corrected chi connectivity index (χ3v) is 1.63. The fourth-order valence-electron chi connectivity index (χ4n) is 0.703. The number of nitrogens with two attached hydrogens (primary N) is 1. The van der Waals surface area contributed by atoms with E-state index in [0.717, 1.165) is 24.3 Å². The van der Waals surface area contributed by atoms with Crippen LogP contribution in [0.4, 0.5) is 13.2 Å². The van der Waals surface area contributed by atoms with Crippen LogP contribution in [0.5, 0.6) is 0 Å². The molecule has 3 N–H and O–H groups in total. The van der Waals surface area contributed by atoms with Crippen molar-refractivity contribution in [2.75, 3.05) is 7.05 Å². The van der Waals surface area contributed by atoms with Gasteiger partial charge in [0.2, 0.25) is 5.91 Å². The lowest BCUT2D eigenvalue weighted by Crippen LogP contribution is -2.32. The zero-order chi connectivity index (χ0) is 14.1. The molecule has 0 heterocycles. The van der Waals surface area contributed by atoms with Crippen molar-refractivity contribution in [1.82, 2.24) is 5.01 Å². The lowest BCUT2D eigenvalue weighted by Gasteiger charge is -2.08. The summed E-state index contributed by atoms with van der Waals surface area (Å²) in [4.78, 5) is 19.7. The highest BCUT2D eigenvalue weighted by molar-refractivity contribution is 5.75. The Hall–Kier alpha value is -1.31. The molecule has 0 spiro atoms. The summed E-state index contributed by atoms with van der Waals surface area (Å²) in [5, 5.41) is 8.27. The van der Waals surface area contributed by atoms with Crippen molar-refractivity contribution in [3.05, 3.63) is 0 Å². The number of carbonyl (C=O) groups is 2. The van der Waals surface area contributed by atoms with Gasteiger partial charge in [-0.15, -0.1) is 0 Å². The predicted molar refractivity (Wildman–Crippen MR) is 54.8 cm³/mol. The van der Waals surface area contributed by atoms with Crippen LogP contribution in [0.2, 0.25) is 0 Å². The fraction of sp³-hybridized carbons (Fsp3) is 0.778. The molecule has 0 aliphatic carbocycles. The van der Waals surface area contributed by atoms with E-state index in [0.29, 0.717) is 6.42 Å². The normalized spacial score (nSPS) is 10.2. The van der Waals surface area contributed by atoms with Gasteiger partial charge in [-0.25, -0.2) is 10.6 Å². The van der Waals surface area contributed by atoms with E-state index in [9.17, 15) is 18.0 Å². The minimum atomic E-state index is -5.08. The Morgan fingerprint density at radius 3 is 1.94 bits per heavy atom.